The van der Waals surface area contributed by atoms with E-state index in [0.29, 0.717) is 6.54 Å². The van der Waals surface area contributed by atoms with E-state index in [1.165, 1.54) is 12.8 Å². The van der Waals surface area contributed by atoms with Crippen molar-refractivity contribution in [2.45, 2.75) is 25.9 Å². The fourth-order valence-corrected chi connectivity index (χ4v) is 2.30. The lowest BCUT2D eigenvalue weighted by atomic mass is 10.4. The van der Waals surface area contributed by atoms with Crippen molar-refractivity contribution in [1.29, 1.82) is 0 Å². The highest BCUT2D eigenvalue weighted by Gasteiger charge is 2.20. The molecule has 17 heavy (non-hydrogen) atoms. The number of nitrogens with zero attached hydrogens (tertiary/aromatic N) is 4. The first-order valence-electron chi connectivity index (χ1n) is 5.88. The zero-order valence-electron chi connectivity index (χ0n) is 9.54. The Morgan fingerprint density at radius 1 is 1.47 bits per heavy atom. The van der Waals surface area contributed by atoms with Crippen LogP contribution in [0.1, 0.15) is 23.5 Å². The molecule has 0 aliphatic heterocycles. The lowest BCUT2D eigenvalue weighted by Crippen LogP contribution is -2.16. The summed E-state index contributed by atoms with van der Waals surface area (Å²) in [6, 6.07) is 0. The molecule has 2 aromatic rings. The van der Waals surface area contributed by atoms with Gasteiger partial charge in [0.25, 0.3) is 0 Å². The maximum Gasteiger partial charge on any atom is 0.114 e. The molecule has 0 unspecified atom stereocenters. The molecule has 1 saturated carbocycles. The van der Waals surface area contributed by atoms with Gasteiger partial charge >= 0.3 is 0 Å². The van der Waals surface area contributed by atoms with Gasteiger partial charge in [0.2, 0.25) is 0 Å². The van der Waals surface area contributed by atoms with Crippen LogP contribution in [0.15, 0.2) is 17.8 Å². The molecule has 90 valence electrons. The van der Waals surface area contributed by atoms with Crippen LogP contribution in [0.2, 0.25) is 0 Å². The zero-order chi connectivity index (χ0) is 11.5. The summed E-state index contributed by atoms with van der Waals surface area (Å²) < 4.78 is 1.84. The molecule has 2 aromatic heterocycles. The van der Waals surface area contributed by atoms with Gasteiger partial charge in [-0.2, -0.15) is 0 Å². The minimum absolute atomic E-state index is 0.716. The van der Waals surface area contributed by atoms with Crippen molar-refractivity contribution in [3.8, 4) is 0 Å². The van der Waals surface area contributed by atoms with Gasteiger partial charge in [0.1, 0.15) is 5.01 Å². The van der Waals surface area contributed by atoms with Crippen molar-refractivity contribution in [2.75, 3.05) is 6.54 Å². The summed E-state index contributed by atoms with van der Waals surface area (Å²) in [6.45, 7) is 2.64. The molecule has 6 heteroatoms. The van der Waals surface area contributed by atoms with E-state index in [-0.39, 0.29) is 0 Å². The van der Waals surface area contributed by atoms with Crippen LogP contribution >= 0.6 is 11.3 Å². The SMILES string of the molecule is c1csc(Cn2cc(CNCC3CC3)nn2)n1. The average Bonchev–Trinajstić information content (AvgIpc) is 2.83. The molecule has 0 spiro atoms. The van der Waals surface area contributed by atoms with Gasteiger partial charge in [-0.05, 0) is 25.3 Å². The Morgan fingerprint density at radius 3 is 3.18 bits per heavy atom. The highest BCUT2D eigenvalue weighted by Crippen LogP contribution is 2.27. The van der Waals surface area contributed by atoms with Crippen LogP contribution in [0.4, 0.5) is 0 Å². The number of rotatable bonds is 6. The average molecular weight is 249 g/mol. The van der Waals surface area contributed by atoms with Gasteiger partial charge in [-0.25, -0.2) is 9.67 Å². The van der Waals surface area contributed by atoms with Crippen molar-refractivity contribution in [1.82, 2.24) is 25.3 Å². The number of nitrogens with one attached hydrogen (secondary N) is 1. The van der Waals surface area contributed by atoms with Crippen LogP contribution in [0.3, 0.4) is 0 Å². The summed E-state index contributed by atoms with van der Waals surface area (Å²) in [4.78, 5) is 4.23. The molecule has 2 heterocycles. The van der Waals surface area contributed by atoms with Crippen molar-refractivity contribution in [3.63, 3.8) is 0 Å². The van der Waals surface area contributed by atoms with Crippen molar-refractivity contribution >= 4 is 11.3 Å². The van der Waals surface area contributed by atoms with E-state index < -0.39 is 0 Å². The second-order valence-electron chi connectivity index (χ2n) is 4.41. The first-order valence-corrected chi connectivity index (χ1v) is 6.76. The molecule has 5 nitrogen and oxygen atoms in total. The molecular weight excluding hydrogens is 234 g/mol. The molecule has 0 saturated heterocycles. The summed E-state index contributed by atoms with van der Waals surface area (Å²) in [5.41, 5.74) is 1.00. The Labute approximate surface area is 104 Å². The summed E-state index contributed by atoms with van der Waals surface area (Å²) >= 11 is 1.64. The molecule has 1 aliphatic carbocycles. The minimum Gasteiger partial charge on any atom is -0.311 e. The van der Waals surface area contributed by atoms with Gasteiger partial charge in [0, 0.05) is 18.1 Å². The second-order valence-corrected chi connectivity index (χ2v) is 5.39. The third-order valence-electron chi connectivity index (χ3n) is 2.80. The predicted octanol–water partition coefficient (Wildman–Crippen LogP) is 1.28. The highest BCUT2D eigenvalue weighted by atomic mass is 32.1. The largest absolute Gasteiger partial charge is 0.311 e. The maximum absolute atomic E-state index is 4.23. The molecule has 0 amide bonds. The van der Waals surface area contributed by atoms with Gasteiger partial charge < -0.3 is 5.32 Å². The fraction of sp³-hybridized carbons (Fsp3) is 0.545. The minimum atomic E-state index is 0.716. The van der Waals surface area contributed by atoms with Crippen LogP contribution in [0.25, 0.3) is 0 Å². The van der Waals surface area contributed by atoms with Gasteiger partial charge in [0.15, 0.2) is 0 Å². The quantitative estimate of drug-likeness (QED) is 0.838. The molecule has 1 aliphatic rings. The topological polar surface area (TPSA) is 55.6 Å². The molecule has 0 atom stereocenters. The normalized spacial score (nSPS) is 15.3. The molecule has 0 aromatic carbocycles. The van der Waals surface area contributed by atoms with Crippen LogP contribution in [0, 0.1) is 5.92 Å². The van der Waals surface area contributed by atoms with E-state index in [0.717, 1.165) is 29.7 Å². The summed E-state index contributed by atoms with van der Waals surface area (Å²) in [7, 11) is 0. The van der Waals surface area contributed by atoms with Crippen LogP contribution < -0.4 is 5.32 Å². The molecule has 0 bridgehead atoms. The van der Waals surface area contributed by atoms with Crippen LogP contribution in [-0.2, 0) is 13.1 Å². The third kappa shape index (κ3) is 3.10. The number of hydrogen-bond donors (Lipinski definition) is 1. The number of hydrogen-bond acceptors (Lipinski definition) is 5. The molecule has 1 N–H and O–H groups in total. The highest BCUT2D eigenvalue weighted by molar-refractivity contribution is 7.09. The Hall–Kier alpha value is -1.27. The van der Waals surface area contributed by atoms with Gasteiger partial charge in [0.05, 0.1) is 18.4 Å². The van der Waals surface area contributed by atoms with E-state index in [1.807, 2.05) is 22.5 Å². The molecular formula is C11H15N5S. The van der Waals surface area contributed by atoms with E-state index in [1.54, 1.807) is 11.3 Å². The van der Waals surface area contributed by atoms with Gasteiger partial charge in [-0.15, -0.1) is 16.4 Å². The number of thiazole rings is 1. The lowest BCUT2D eigenvalue weighted by Gasteiger charge is -1.98. The van der Waals surface area contributed by atoms with Crippen molar-refractivity contribution in [3.05, 3.63) is 28.5 Å². The Bertz CT molecular complexity index is 460. The zero-order valence-corrected chi connectivity index (χ0v) is 10.4. The summed E-state index contributed by atoms with van der Waals surface area (Å²) in [6.07, 6.45) is 6.56. The Morgan fingerprint density at radius 2 is 2.41 bits per heavy atom. The molecule has 1 fully saturated rings. The standard InChI is InChI=1S/C11H15N5S/c1-2-9(1)5-12-6-10-7-16(15-14-10)8-11-13-3-4-17-11/h3-4,7,9,12H,1-2,5-6,8H2. The molecule has 0 radical (unpaired) electrons. The number of aromatic nitrogens is 4. The Kier molecular flexibility index (Phi) is 3.15. The summed E-state index contributed by atoms with van der Waals surface area (Å²) in [5, 5.41) is 14.7. The second kappa shape index (κ2) is 4.93. The van der Waals surface area contributed by atoms with Crippen molar-refractivity contribution < 1.29 is 0 Å². The summed E-state index contributed by atoms with van der Waals surface area (Å²) in [5.74, 6) is 0.903. The van der Waals surface area contributed by atoms with Gasteiger partial charge in [-0.3, -0.25) is 0 Å². The lowest BCUT2D eigenvalue weighted by molar-refractivity contribution is 0.626. The van der Waals surface area contributed by atoms with E-state index in [4.69, 9.17) is 0 Å². The smallest absolute Gasteiger partial charge is 0.114 e. The maximum atomic E-state index is 4.23. The Balaban J connectivity index is 1.50. The van der Waals surface area contributed by atoms with Crippen molar-refractivity contribution in [2.24, 2.45) is 5.92 Å². The van der Waals surface area contributed by atoms with E-state index >= 15 is 0 Å². The third-order valence-corrected chi connectivity index (χ3v) is 3.57. The van der Waals surface area contributed by atoms with Gasteiger partial charge in [-0.1, -0.05) is 5.21 Å². The fourth-order valence-electron chi connectivity index (χ4n) is 1.69. The van der Waals surface area contributed by atoms with E-state index in [9.17, 15) is 0 Å². The predicted molar refractivity (Wildman–Crippen MR) is 65.7 cm³/mol. The monoisotopic (exact) mass is 249 g/mol. The first-order chi connectivity index (χ1) is 8.40. The van der Waals surface area contributed by atoms with Crippen LogP contribution in [-0.4, -0.2) is 26.5 Å². The molecule has 3 rings (SSSR count). The van der Waals surface area contributed by atoms with Crippen LogP contribution in [0.5, 0.6) is 0 Å². The van der Waals surface area contributed by atoms with E-state index in [2.05, 4.69) is 20.6 Å². The first kappa shape index (κ1) is 10.9.